The van der Waals surface area contributed by atoms with Crippen molar-refractivity contribution in [2.75, 3.05) is 18.5 Å². The molecule has 0 fully saturated rings. The molecule has 0 saturated carbocycles. The van der Waals surface area contributed by atoms with E-state index in [1.807, 2.05) is 31.3 Å². The number of hydrogen-bond acceptors (Lipinski definition) is 3. The Kier molecular flexibility index (Phi) is 4.77. The van der Waals surface area contributed by atoms with E-state index in [-0.39, 0.29) is 6.10 Å². The van der Waals surface area contributed by atoms with Crippen LogP contribution in [0.1, 0.15) is 31.9 Å². The molecule has 2 atom stereocenters. The van der Waals surface area contributed by atoms with Gasteiger partial charge in [-0.15, -0.1) is 0 Å². The lowest BCUT2D eigenvalue weighted by atomic mass is 10.1. The minimum absolute atomic E-state index is 0.291. The molecule has 1 unspecified atom stereocenters. The van der Waals surface area contributed by atoms with Crippen molar-refractivity contribution in [3.8, 4) is 0 Å². The summed E-state index contributed by atoms with van der Waals surface area (Å²) >= 11 is 0. The summed E-state index contributed by atoms with van der Waals surface area (Å²) in [6.45, 7) is 4.33. The van der Waals surface area contributed by atoms with E-state index >= 15 is 0 Å². The van der Waals surface area contributed by atoms with Crippen LogP contribution < -0.4 is 4.90 Å². The lowest BCUT2D eigenvalue weighted by molar-refractivity contribution is 0.186. The van der Waals surface area contributed by atoms with Crippen LogP contribution in [-0.4, -0.2) is 29.9 Å². The second kappa shape index (κ2) is 5.87. The number of para-hydroxylation sites is 1. The molecule has 0 aliphatic rings. The molecule has 1 rings (SSSR count). The summed E-state index contributed by atoms with van der Waals surface area (Å²) in [6, 6.07) is 7.80. The zero-order valence-corrected chi connectivity index (χ0v) is 10.2. The molecule has 16 heavy (non-hydrogen) atoms. The average Bonchev–Trinajstić information content (AvgIpc) is 2.25. The van der Waals surface area contributed by atoms with Gasteiger partial charge in [0, 0.05) is 24.8 Å². The summed E-state index contributed by atoms with van der Waals surface area (Å²) in [5, 5.41) is 18.9. The normalized spacial score (nSPS) is 14.6. The number of aliphatic hydroxyl groups excluding tert-OH is 2. The second-order valence-electron chi connectivity index (χ2n) is 4.29. The SMILES string of the molecule is CC(O)CCN(C)c1ccccc1[C@@H](C)O. The number of nitrogens with zero attached hydrogens (tertiary/aromatic N) is 1. The molecule has 0 aliphatic carbocycles. The Morgan fingerprint density at radius 3 is 2.38 bits per heavy atom. The Morgan fingerprint density at radius 1 is 1.19 bits per heavy atom. The first-order valence-electron chi connectivity index (χ1n) is 5.68. The molecule has 0 spiro atoms. The van der Waals surface area contributed by atoms with Gasteiger partial charge < -0.3 is 15.1 Å². The first-order chi connectivity index (χ1) is 7.52. The van der Waals surface area contributed by atoms with Crippen LogP contribution in [0.5, 0.6) is 0 Å². The fourth-order valence-corrected chi connectivity index (χ4v) is 1.69. The van der Waals surface area contributed by atoms with E-state index in [1.165, 1.54) is 0 Å². The van der Waals surface area contributed by atoms with Gasteiger partial charge in [0.25, 0.3) is 0 Å². The largest absolute Gasteiger partial charge is 0.393 e. The summed E-state index contributed by atoms with van der Waals surface area (Å²) in [5.74, 6) is 0. The quantitative estimate of drug-likeness (QED) is 0.802. The Balaban J connectivity index is 2.77. The third-order valence-electron chi connectivity index (χ3n) is 2.68. The lowest BCUT2D eigenvalue weighted by Crippen LogP contribution is -2.23. The van der Waals surface area contributed by atoms with Crippen molar-refractivity contribution >= 4 is 5.69 Å². The van der Waals surface area contributed by atoms with E-state index in [1.54, 1.807) is 13.8 Å². The zero-order valence-electron chi connectivity index (χ0n) is 10.2. The van der Waals surface area contributed by atoms with Gasteiger partial charge in [-0.05, 0) is 26.3 Å². The zero-order chi connectivity index (χ0) is 12.1. The predicted molar refractivity (Wildman–Crippen MR) is 66.6 cm³/mol. The van der Waals surface area contributed by atoms with Crippen molar-refractivity contribution < 1.29 is 10.2 Å². The van der Waals surface area contributed by atoms with Crippen LogP contribution in [0, 0.1) is 0 Å². The number of rotatable bonds is 5. The van der Waals surface area contributed by atoms with Crippen LogP contribution in [-0.2, 0) is 0 Å². The van der Waals surface area contributed by atoms with Gasteiger partial charge in [0.2, 0.25) is 0 Å². The van der Waals surface area contributed by atoms with E-state index < -0.39 is 6.10 Å². The highest BCUT2D eigenvalue weighted by Crippen LogP contribution is 2.25. The van der Waals surface area contributed by atoms with E-state index in [2.05, 4.69) is 4.90 Å². The highest BCUT2D eigenvalue weighted by Gasteiger charge is 2.11. The molecular formula is C13H21NO2. The van der Waals surface area contributed by atoms with Gasteiger partial charge in [-0.3, -0.25) is 0 Å². The minimum atomic E-state index is -0.467. The molecule has 2 N–H and O–H groups in total. The molecule has 1 aromatic carbocycles. The first kappa shape index (κ1) is 13.0. The highest BCUT2D eigenvalue weighted by molar-refractivity contribution is 5.53. The van der Waals surface area contributed by atoms with Gasteiger partial charge in [-0.2, -0.15) is 0 Å². The number of benzene rings is 1. The predicted octanol–water partition coefficient (Wildman–Crippen LogP) is 1.95. The monoisotopic (exact) mass is 223 g/mol. The molecule has 0 aromatic heterocycles. The molecule has 0 heterocycles. The van der Waals surface area contributed by atoms with Gasteiger partial charge in [-0.1, -0.05) is 18.2 Å². The lowest BCUT2D eigenvalue weighted by Gasteiger charge is -2.24. The Labute approximate surface area is 97.3 Å². The van der Waals surface area contributed by atoms with Crippen LogP contribution in [0.2, 0.25) is 0 Å². The smallest absolute Gasteiger partial charge is 0.0781 e. The minimum Gasteiger partial charge on any atom is -0.393 e. The summed E-state index contributed by atoms with van der Waals surface area (Å²) < 4.78 is 0. The summed E-state index contributed by atoms with van der Waals surface area (Å²) in [7, 11) is 1.98. The topological polar surface area (TPSA) is 43.7 Å². The summed E-state index contributed by atoms with van der Waals surface area (Å²) in [6.07, 6.45) is -0.0312. The fraction of sp³-hybridized carbons (Fsp3) is 0.538. The van der Waals surface area contributed by atoms with Crippen molar-refractivity contribution in [2.24, 2.45) is 0 Å². The standard InChI is InChI=1S/C13H21NO2/c1-10(15)8-9-14(3)13-7-5-4-6-12(13)11(2)16/h4-7,10-11,15-16H,8-9H2,1-3H3/t10?,11-/m1/s1. The van der Waals surface area contributed by atoms with Crippen molar-refractivity contribution in [1.29, 1.82) is 0 Å². The maximum Gasteiger partial charge on any atom is 0.0781 e. The number of anilines is 1. The van der Waals surface area contributed by atoms with Gasteiger partial charge in [-0.25, -0.2) is 0 Å². The fourth-order valence-electron chi connectivity index (χ4n) is 1.69. The molecule has 0 amide bonds. The number of aliphatic hydroxyl groups is 2. The maximum absolute atomic E-state index is 9.65. The molecule has 1 aromatic rings. The Bertz CT molecular complexity index is 323. The van der Waals surface area contributed by atoms with Crippen LogP contribution >= 0.6 is 0 Å². The van der Waals surface area contributed by atoms with Crippen LogP contribution in [0.4, 0.5) is 5.69 Å². The van der Waals surface area contributed by atoms with E-state index in [9.17, 15) is 10.2 Å². The van der Waals surface area contributed by atoms with Crippen LogP contribution in [0.3, 0.4) is 0 Å². The molecule has 0 aliphatic heterocycles. The molecule has 3 nitrogen and oxygen atoms in total. The third kappa shape index (κ3) is 3.51. The Hall–Kier alpha value is -1.06. The van der Waals surface area contributed by atoms with Crippen molar-refractivity contribution in [1.82, 2.24) is 0 Å². The maximum atomic E-state index is 9.65. The molecular weight excluding hydrogens is 202 g/mol. The average molecular weight is 223 g/mol. The molecule has 3 heteroatoms. The van der Waals surface area contributed by atoms with Crippen molar-refractivity contribution in [3.05, 3.63) is 29.8 Å². The van der Waals surface area contributed by atoms with E-state index in [4.69, 9.17) is 0 Å². The summed E-state index contributed by atoms with van der Waals surface area (Å²) in [4.78, 5) is 2.06. The Morgan fingerprint density at radius 2 is 1.81 bits per heavy atom. The molecule has 0 radical (unpaired) electrons. The van der Waals surface area contributed by atoms with Gasteiger partial charge >= 0.3 is 0 Å². The van der Waals surface area contributed by atoms with Gasteiger partial charge in [0.1, 0.15) is 0 Å². The van der Waals surface area contributed by atoms with Gasteiger partial charge in [0.05, 0.1) is 12.2 Å². The van der Waals surface area contributed by atoms with E-state index in [0.717, 1.165) is 24.2 Å². The molecule has 90 valence electrons. The molecule has 0 bridgehead atoms. The van der Waals surface area contributed by atoms with Crippen LogP contribution in [0.15, 0.2) is 24.3 Å². The van der Waals surface area contributed by atoms with Crippen LogP contribution in [0.25, 0.3) is 0 Å². The van der Waals surface area contributed by atoms with Crippen molar-refractivity contribution in [3.63, 3.8) is 0 Å². The highest BCUT2D eigenvalue weighted by atomic mass is 16.3. The first-order valence-corrected chi connectivity index (χ1v) is 5.68. The number of hydrogen-bond donors (Lipinski definition) is 2. The molecule has 0 saturated heterocycles. The third-order valence-corrected chi connectivity index (χ3v) is 2.68. The van der Waals surface area contributed by atoms with E-state index in [0.29, 0.717) is 0 Å². The van der Waals surface area contributed by atoms with Gasteiger partial charge in [0.15, 0.2) is 0 Å². The van der Waals surface area contributed by atoms with Crippen molar-refractivity contribution in [2.45, 2.75) is 32.5 Å². The summed E-state index contributed by atoms with van der Waals surface area (Å²) in [5.41, 5.74) is 1.95. The second-order valence-corrected chi connectivity index (χ2v) is 4.29.